The van der Waals surface area contributed by atoms with Gasteiger partial charge in [0.1, 0.15) is 5.65 Å². The number of benzene rings is 1. The van der Waals surface area contributed by atoms with E-state index in [2.05, 4.69) is 10.3 Å². The standard InChI is InChI=1S/C15H11F2N3O/c1-9-11(3-4-12(16)15(9)17)10-2-5-14-19-13(18-8-21)7-20(14)6-10/h2-8H,1H3,(H,18,21). The molecule has 1 amide bonds. The zero-order chi connectivity index (χ0) is 15.0. The van der Waals surface area contributed by atoms with Crippen molar-refractivity contribution in [2.75, 3.05) is 5.32 Å². The highest BCUT2D eigenvalue weighted by Crippen LogP contribution is 2.27. The fourth-order valence-corrected chi connectivity index (χ4v) is 2.25. The average Bonchev–Trinajstić information content (AvgIpc) is 2.87. The third-order valence-electron chi connectivity index (χ3n) is 3.31. The monoisotopic (exact) mass is 287 g/mol. The van der Waals surface area contributed by atoms with Crippen molar-refractivity contribution in [3.63, 3.8) is 0 Å². The number of pyridine rings is 1. The van der Waals surface area contributed by atoms with Gasteiger partial charge < -0.3 is 9.72 Å². The highest BCUT2D eigenvalue weighted by molar-refractivity contribution is 5.72. The third kappa shape index (κ3) is 2.24. The van der Waals surface area contributed by atoms with Gasteiger partial charge in [-0.1, -0.05) is 6.07 Å². The first-order chi connectivity index (χ1) is 10.1. The lowest BCUT2D eigenvalue weighted by Crippen LogP contribution is -1.94. The van der Waals surface area contributed by atoms with Crippen molar-refractivity contribution in [1.29, 1.82) is 0 Å². The predicted molar refractivity (Wildman–Crippen MR) is 75.0 cm³/mol. The molecule has 2 heterocycles. The first-order valence-electron chi connectivity index (χ1n) is 6.24. The van der Waals surface area contributed by atoms with Gasteiger partial charge in [0, 0.05) is 6.20 Å². The Morgan fingerprint density at radius 1 is 1.19 bits per heavy atom. The lowest BCUT2D eigenvalue weighted by atomic mass is 10.0. The molecule has 21 heavy (non-hydrogen) atoms. The Labute approximate surface area is 119 Å². The van der Waals surface area contributed by atoms with Gasteiger partial charge in [-0.25, -0.2) is 13.8 Å². The minimum absolute atomic E-state index is 0.251. The van der Waals surface area contributed by atoms with Crippen molar-refractivity contribution in [3.05, 3.63) is 53.9 Å². The van der Waals surface area contributed by atoms with Crippen LogP contribution >= 0.6 is 0 Å². The average molecular weight is 287 g/mol. The molecule has 0 atom stereocenters. The van der Waals surface area contributed by atoms with Crippen LogP contribution in [0.25, 0.3) is 16.8 Å². The van der Waals surface area contributed by atoms with Crippen molar-refractivity contribution in [1.82, 2.24) is 9.38 Å². The first-order valence-corrected chi connectivity index (χ1v) is 6.24. The molecule has 0 aliphatic rings. The molecule has 0 saturated heterocycles. The largest absolute Gasteiger partial charge is 0.312 e. The second kappa shape index (κ2) is 4.97. The van der Waals surface area contributed by atoms with Crippen molar-refractivity contribution < 1.29 is 13.6 Å². The second-order valence-corrected chi connectivity index (χ2v) is 4.61. The maximum atomic E-state index is 13.7. The molecule has 3 aromatic rings. The topological polar surface area (TPSA) is 46.4 Å². The molecular formula is C15H11F2N3O. The number of hydrogen-bond acceptors (Lipinski definition) is 2. The van der Waals surface area contributed by atoms with Crippen LogP contribution < -0.4 is 5.32 Å². The summed E-state index contributed by atoms with van der Waals surface area (Å²) in [4.78, 5) is 14.6. The maximum absolute atomic E-state index is 13.7. The Kier molecular flexibility index (Phi) is 3.13. The van der Waals surface area contributed by atoms with E-state index in [-0.39, 0.29) is 5.56 Å². The lowest BCUT2D eigenvalue weighted by Gasteiger charge is -2.08. The molecule has 1 aromatic carbocycles. The second-order valence-electron chi connectivity index (χ2n) is 4.61. The van der Waals surface area contributed by atoms with Crippen molar-refractivity contribution in [3.8, 4) is 11.1 Å². The Hall–Kier alpha value is -2.76. The smallest absolute Gasteiger partial charge is 0.212 e. The van der Waals surface area contributed by atoms with Crippen LogP contribution in [0.2, 0.25) is 0 Å². The molecule has 0 fully saturated rings. The first kappa shape index (κ1) is 13.2. The number of fused-ring (bicyclic) bond motifs is 1. The quantitative estimate of drug-likeness (QED) is 0.752. The van der Waals surface area contributed by atoms with E-state index in [1.165, 1.54) is 13.0 Å². The summed E-state index contributed by atoms with van der Waals surface area (Å²) in [5.74, 6) is -1.29. The number of nitrogens with one attached hydrogen (secondary N) is 1. The number of aromatic nitrogens is 2. The number of nitrogens with zero attached hydrogens (tertiary/aromatic N) is 2. The minimum atomic E-state index is -0.863. The summed E-state index contributed by atoms with van der Waals surface area (Å²) >= 11 is 0. The predicted octanol–water partition coefficient (Wildman–Crippen LogP) is 3.16. The van der Waals surface area contributed by atoms with E-state index in [4.69, 9.17) is 0 Å². The fourth-order valence-electron chi connectivity index (χ4n) is 2.25. The molecule has 106 valence electrons. The van der Waals surface area contributed by atoms with E-state index in [9.17, 15) is 13.6 Å². The molecule has 1 N–H and O–H groups in total. The number of amides is 1. The molecule has 0 unspecified atom stereocenters. The van der Waals surface area contributed by atoms with Gasteiger partial charge in [-0.3, -0.25) is 4.79 Å². The van der Waals surface area contributed by atoms with Gasteiger partial charge in [0.05, 0.1) is 6.20 Å². The van der Waals surface area contributed by atoms with E-state index in [1.54, 1.807) is 28.9 Å². The summed E-state index contributed by atoms with van der Waals surface area (Å²) in [7, 11) is 0. The van der Waals surface area contributed by atoms with Gasteiger partial charge >= 0.3 is 0 Å². The Morgan fingerprint density at radius 3 is 2.76 bits per heavy atom. The van der Waals surface area contributed by atoms with Crippen LogP contribution in [-0.2, 0) is 4.79 Å². The summed E-state index contributed by atoms with van der Waals surface area (Å²) < 4.78 is 28.5. The number of carbonyl (C=O) groups is 1. The summed E-state index contributed by atoms with van der Waals surface area (Å²) in [6.45, 7) is 1.53. The highest BCUT2D eigenvalue weighted by Gasteiger charge is 2.12. The van der Waals surface area contributed by atoms with Crippen LogP contribution in [0.4, 0.5) is 14.6 Å². The Bertz CT molecular complexity index is 842. The number of hydrogen-bond donors (Lipinski definition) is 1. The Balaban J connectivity index is 2.12. The number of carbonyl (C=O) groups excluding carboxylic acids is 1. The van der Waals surface area contributed by atoms with Gasteiger partial charge in [-0.05, 0) is 41.8 Å². The normalized spacial score (nSPS) is 10.8. The number of halogens is 2. The van der Waals surface area contributed by atoms with Crippen LogP contribution in [0.3, 0.4) is 0 Å². The molecule has 2 aromatic heterocycles. The van der Waals surface area contributed by atoms with Crippen molar-refractivity contribution in [2.24, 2.45) is 0 Å². The molecule has 0 spiro atoms. The Morgan fingerprint density at radius 2 is 2.00 bits per heavy atom. The van der Waals surface area contributed by atoms with Crippen LogP contribution in [0.15, 0.2) is 36.7 Å². The van der Waals surface area contributed by atoms with Gasteiger partial charge in [0.15, 0.2) is 17.5 Å². The van der Waals surface area contributed by atoms with Gasteiger partial charge in [-0.2, -0.15) is 0 Å². The number of imidazole rings is 1. The van der Waals surface area contributed by atoms with Crippen LogP contribution in [0.5, 0.6) is 0 Å². The minimum Gasteiger partial charge on any atom is -0.312 e. The molecule has 6 heteroatoms. The summed E-state index contributed by atoms with van der Waals surface area (Å²) in [6.07, 6.45) is 3.93. The number of anilines is 1. The number of rotatable bonds is 3. The molecule has 4 nitrogen and oxygen atoms in total. The lowest BCUT2D eigenvalue weighted by molar-refractivity contribution is -0.105. The maximum Gasteiger partial charge on any atom is 0.212 e. The molecule has 0 aliphatic heterocycles. The molecule has 0 saturated carbocycles. The summed E-state index contributed by atoms with van der Waals surface area (Å²) in [6, 6.07) is 6.16. The summed E-state index contributed by atoms with van der Waals surface area (Å²) in [5.41, 5.74) is 2.23. The van der Waals surface area contributed by atoms with Gasteiger partial charge in [0.2, 0.25) is 6.41 Å². The van der Waals surface area contributed by atoms with E-state index in [1.807, 2.05) is 0 Å². The van der Waals surface area contributed by atoms with Crippen molar-refractivity contribution >= 4 is 17.9 Å². The van der Waals surface area contributed by atoms with E-state index >= 15 is 0 Å². The zero-order valence-corrected chi connectivity index (χ0v) is 11.1. The van der Waals surface area contributed by atoms with E-state index in [0.29, 0.717) is 23.4 Å². The molecule has 3 rings (SSSR count). The summed E-state index contributed by atoms with van der Waals surface area (Å²) in [5, 5.41) is 2.46. The van der Waals surface area contributed by atoms with E-state index < -0.39 is 11.6 Å². The van der Waals surface area contributed by atoms with Gasteiger partial charge in [0.25, 0.3) is 0 Å². The molecule has 0 radical (unpaired) electrons. The van der Waals surface area contributed by atoms with Crippen LogP contribution in [-0.4, -0.2) is 15.8 Å². The van der Waals surface area contributed by atoms with Gasteiger partial charge in [-0.15, -0.1) is 0 Å². The third-order valence-corrected chi connectivity index (χ3v) is 3.31. The molecule has 0 aliphatic carbocycles. The fraction of sp³-hybridized carbons (Fsp3) is 0.0667. The van der Waals surface area contributed by atoms with Crippen LogP contribution in [0, 0.1) is 18.6 Å². The van der Waals surface area contributed by atoms with Crippen molar-refractivity contribution in [2.45, 2.75) is 6.92 Å². The van der Waals surface area contributed by atoms with E-state index in [0.717, 1.165) is 11.6 Å². The molecular weight excluding hydrogens is 276 g/mol. The SMILES string of the molecule is Cc1c(-c2ccc3nc(NC=O)cn3c2)ccc(F)c1F. The van der Waals surface area contributed by atoms with Crippen LogP contribution in [0.1, 0.15) is 5.56 Å². The highest BCUT2D eigenvalue weighted by atomic mass is 19.2. The zero-order valence-electron chi connectivity index (χ0n) is 11.1. The molecule has 0 bridgehead atoms.